The molecule has 14 heavy (non-hydrogen) atoms. The molecule has 0 unspecified atom stereocenters. The highest BCUT2D eigenvalue weighted by Gasteiger charge is 2.09. The molecule has 2 rings (SSSR count). The maximum absolute atomic E-state index is 11.3. The average molecular weight is 193 g/mol. The van der Waals surface area contributed by atoms with Crippen LogP contribution in [0.25, 0.3) is 11.2 Å². The molecule has 0 aliphatic carbocycles. The highest BCUT2D eigenvalue weighted by molar-refractivity contribution is 5.81. The second kappa shape index (κ2) is 2.83. The van der Waals surface area contributed by atoms with E-state index >= 15 is 0 Å². The fraction of sp³-hybridized carbons (Fsp3) is 0.375. The number of aryl methyl sites for hydroxylation is 2. The molecule has 2 aromatic rings. The third kappa shape index (κ3) is 1.07. The van der Waals surface area contributed by atoms with Crippen LogP contribution in [0.3, 0.4) is 0 Å². The van der Waals surface area contributed by atoms with Gasteiger partial charge in [-0.1, -0.05) is 6.92 Å². The highest BCUT2D eigenvalue weighted by Crippen LogP contribution is 2.12. The SMILES string of the molecule is CCc1nc(N)c2[nH]c(=O)n(C)c2n1. The zero-order valence-corrected chi connectivity index (χ0v) is 8.03. The number of nitrogens with one attached hydrogen (secondary N) is 1. The lowest BCUT2D eigenvalue weighted by Crippen LogP contribution is -2.12. The summed E-state index contributed by atoms with van der Waals surface area (Å²) in [6.07, 6.45) is 0.694. The number of nitrogen functional groups attached to an aromatic ring is 1. The Labute approximate surface area is 79.8 Å². The van der Waals surface area contributed by atoms with E-state index in [0.717, 1.165) is 0 Å². The van der Waals surface area contributed by atoms with E-state index in [0.29, 0.717) is 29.2 Å². The lowest BCUT2D eigenvalue weighted by atomic mass is 10.4. The molecule has 2 heterocycles. The second-order valence-electron chi connectivity index (χ2n) is 3.07. The number of imidazole rings is 1. The number of hydrogen-bond acceptors (Lipinski definition) is 4. The number of aromatic nitrogens is 4. The molecular formula is C8H11N5O. The third-order valence-electron chi connectivity index (χ3n) is 2.13. The average Bonchev–Trinajstić information content (AvgIpc) is 2.45. The fourth-order valence-electron chi connectivity index (χ4n) is 1.32. The van der Waals surface area contributed by atoms with Crippen LogP contribution in [0.5, 0.6) is 0 Å². The second-order valence-corrected chi connectivity index (χ2v) is 3.07. The minimum absolute atomic E-state index is 0.228. The number of H-pyrrole nitrogens is 1. The number of rotatable bonds is 1. The molecule has 0 saturated heterocycles. The summed E-state index contributed by atoms with van der Waals surface area (Å²) in [5, 5.41) is 0. The van der Waals surface area contributed by atoms with Crippen molar-refractivity contribution in [3.8, 4) is 0 Å². The molecule has 0 aromatic carbocycles. The molecule has 3 N–H and O–H groups in total. The number of hydrogen-bond donors (Lipinski definition) is 2. The zero-order chi connectivity index (χ0) is 10.3. The first-order valence-corrected chi connectivity index (χ1v) is 4.34. The Bertz CT molecular complexity index is 538. The van der Waals surface area contributed by atoms with Crippen molar-refractivity contribution in [1.82, 2.24) is 19.5 Å². The largest absolute Gasteiger partial charge is 0.382 e. The van der Waals surface area contributed by atoms with Gasteiger partial charge in [0, 0.05) is 13.5 Å². The van der Waals surface area contributed by atoms with E-state index in [-0.39, 0.29) is 5.69 Å². The molecule has 0 spiro atoms. The van der Waals surface area contributed by atoms with Crippen LogP contribution in [-0.2, 0) is 13.5 Å². The molecule has 0 amide bonds. The van der Waals surface area contributed by atoms with Crippen LogP contribution in [0, 0.1) is 0 Å². The van der Waals surface area contributed by atoms with Crippen LogP contribution in [0.1, 0.15) is 12.7 Å². The normalized spacial score (nSPS) is 11.0. The molecule has 6 nitrogen and oxygen atoms in total. The fourth-order valence-corrected chi connectivity index (χ4v) is 1.32. The van der Waals surface area contributed by atoms with Gasteiger partial charge < -0.3 is 10.7 Å². The van der Waals surface area contributed by atoms with Gasteiger partial charge in [0.2, 0.25) is 0 Å². The Balaban J connectivity index is 2.90. The van der Waals surface area contributed by atoms with Crippen molar-refractivity contribution in [2.75, 3.05) is 5.73 Å². The van der Waals surface area contributed by atoms with Gasteiger partial charge in [-0.15, -0.1) is 0 Å². The summed E-state index contributed by atoms with van der Waals surface area (Å²) in [4.78, 5) is 22.2. The Morgan fingerprint density at radius 1 is 1.50 bits per heavy atom. The van der Waals surface area contributed by atoms with Crippen molar-refractivity contribution in [3.63, 3.8) is 0 Å². The quantitative estimate of drug-likeness (QED) is 0.656. The Morgan fingerprint density at radius 3 is 2.86 bits per heavy atom. The standard InChI is InChI=1S/C8H11N5O/c1-3-4-10-6(9)5-7(11-4)13(2)8(14)12-5/h3H2,1-2H3,(H,12,14)(H2,9,10,11). The van der Waals surface area contributed by atoms with Crippen LogP contribution in [-0.4, -0.2) is 19.5 Å². The van der Waals surface area contributed by atoms with Crippen LogP contribution in [0.2, 0.25) is 0 Å². The van der Waals surface area contributed by atoms with Crippen molar-refractivity contribution < 1.29 is 0 Å². The minimum Gasteiger partial charge on any atom is -0.382 e. The number of anilines is 1. The van der Waals surface area contributed by atoms with E-state index in [4.69, 9.17) is 5.73 Å². The van der Waals surface area contributed by atoms with Gasteiger partial charge in [0.15, 0.2) is 11.5 Å². The van der Waals surface area contributed by atoms with Gasteiger partial charge in [-0.3, -0.25) is 4.57 Å². The summed E-state index contributed by atoms with van der Waals surface area (Å²) in [5.41, 5.74) is 6.52. The summed E-state index contributed by atoms with van der Waals surface area (Å²) < 4.78 is 1.42. The van der Waals surface area contributed by atoms with E-state index in [9.17, 15) is 4.79 Å². The van der Waals surface area contributed by atoms with Crippen molar-refractivity contribution in [2.45, 2.75) is 13.3 Å². The number of nitrogens with two attached hydrogens (primary N) is 1. The first-order valence-electron chi connectivity index (χ1n) is 4.34. The van der Waals surface area contributed by atoms with Gasteiger partial charge >= 0.3 is 5.69 Å². The maximum Gasteiger partial charge on any atom is 0.327 e. The first kappa shape index (κ1) is 8.74. The van der Waals surface area contributed by atoms with Crippen molar-refractivity contribution in [3.05, 3.63) is 16.3 Å². The predicted molar refractivity (Wildman–Crippen MR) is 52.9 cm³/mol. The highest BCUT2D eigenvalue weighted by atomic mass is 16.1. The summed E-state index contributed by atoms with van der Waals surface area (Å²) in [5.74, 6) is 0.967. The molecule has 0 radical (unpaired) electrons. The first-order chi connectivity index (χ1) is 6.63. The van der Waals surface area contributed by atoms with Crippen molar-refractivity contribution in [2.24, 2.45) is 7.05 Å². The summed E-state index contributed by atoms with van der Waals surface area (Å²) in [7, 11) is 1.65. The summed E-state index contributed by atoms with van der Waals surface area (Å²) in [6, 6.07) is 0. The van der Waals surface area contributed by atoms with Crippen LogP contribution >= 0.6 is 0 Å². The smallest absolute Gasteiger partial charge is 0.327 e. The molecular weight excluding hydrogens is 182 g/mol. The molecule has 0 saturated carbocycles. The van der Waals surface area contributed by atoms with Gasteiger partial charge in [-0.2, -0.15) is 0 Å². The van der Waals surface area contributed by atoms with Gasteiger partial charge in [0.05, 0.1) is 0 Å². The lowest BCUT2D eigenvalue weighted by Gasteiger charge is -1.99. The van der Waals surface area contributed by atoms with E-state index in [1.807, 2.05) is 6.92 Å². The molecule has 0 aliphatic rings. The van der Waals surface area contributed by atoms with Gasteiger partial charge in [-0.25, -0.2) is 14.8 Å². The lowest BCUT2D eigenvalue weighted by molar-refractivity contribution is 0.864. The van der Waals surface area contributed by atoms with Crippen molar-refractivity contribution in [1.29, 1.82) is 0 Å². The molecule has 0 fully saturated rings. The summed E-state index contributed by atoms with van der Waals surface area (Å²) in [6.45, 7) is 1.94. The van der Waals surface area contributed by atoms with Gasteiger partial charge in [0.25, 0.3) is 0 Å². The Kier molecular flexibility index (Phi) is 1.77. The molecule has 0 atom stereocenters. The number of fused-ring (bicyclic) bond motifs is 1. The topological polar surface area (TPSA) is 89.6 Å². The number of nitrogens with zero attached hydrogens (tertiary/aromatic N) is 3. The van der Waals surface area contributed by atoms with Crippen LogP contribution in [0.4, 0.5) is 5.82 Å². The van der Waals surface area contributed by atoms with Crippen LogP contribution < -0.4 is 11.4 Å². The van der Waals surface area contributed by atoms with E-state index < -0.39 is 0 Å². The Hall–Kier alpha value is -1.85. The summed E-state index contributed by atoms with van der Waals surface area (Å²) >= 11 is 0. The van der Waals surface area contributed by atoms with E-state index in [2.05, 4.69) is 15.0 Å². The van der Waals surface area contributed by atoms with E-state index in [1.165, 1.54) is 4.57 Å². The molecule has 2 aromatic heterocycles. The predicted octanol–water partition coefficient (Wildman–Crippen LogP) is -0.199. The Morgan fingerprint density at radius 2 is 2.21 bits per heavy atom. The van der Waals surface area contributed by atoms with Gasteiger partial charge in [0.1, 0.15) is 11.3 Å². The number of aromatic amines is 1. The monoisotopic (exact) mass is 193 g/mol. The maximum atomic E-state index is 11.3. The molecule has 0 bridgehead atoms. The molecule has 6 heteroatoms. The van der Waals surface area contributed by atoms with Crippen molar-refractivity contribution >= 4 is 17.0 Å². The van der Waals surface area contributed by atoms with Crippen LogP contribution in [0.15, 0.2) is 4.79 Å². The van der Waals surface area contributed by atoms with Gasteiger partial charge in [-0.05, 0) is 0 Å². The molecule has 0 aliphatic heterocycles. The van der Waals surface area contributed by atoms with E-state index in [1.54, 1.807) is 7.05 Å². The zero-order valence-electron chi connectivity index (χ0n) is 8.03. The molecule has 74 valence electrons. The minimum atomic E-state index is -0.228. The third-order valence-corrected chi connectivity index (χ3v) is 2.13.